The van der Waals surface area contributed by atoms with Crippen LogP contribution in [0.25, 0.3) is 0 Å². The first kappa shape index (κ1) is 24.6. The van der Waals surface area contributed by atoms with Crippen LogP contribution in [0.3, 0.4) is 0 Å². The molecule has 2 aliphatic rings. The van der Waals surface area contributed by atoms with Gasteiger partial charge in [0.25, 0.3) is 5.91 Å². The number of amides is 2. The van der Waals surface area contributed by atoms with Gasteiger partial charge in [0.15, 0.2) is 5.69 Å². The first-order chi connectivity index (χ1) is 16.5. The quantitative estimate of drug-likeness (QED) is 0.712. The number of alkyl halides is 3. The minimum atomic E-state index is -4.61. The molecule has 186 valence electrons. The highest BCUT2D eigenvalue weighted by Crippen LogP contribution is 2.39. The topological polar surface area (TPSA) is 108 Å². The Morgan fingerprint density at radius 3 is 2.40 bits per heavy atom. The first-order valence-electron chi connectivity index (χ1n) is 11.4. The second-order valence-electron chi connectivity index (χ2n) is 9.34. The molecule has 2 aliphatic heterocycles. The number of nitriles is 1. The number of carbonyl (C=O) groups excluding carboxylic acids is 2. The molecule has 2 amide bonds. The van der Waals surface area contributed by atoms with Gasteiger partial charge in [0, 0.05) is 44.6 Å². The second kappa shape index (κ2) is 9.24. The molecule has 0 bridgehead atoms. The zero-order valence-corrected chi connectivity index (χ0v) is 19.5. The summed E-state index contributed by atoms with van der Waals surface area (Å²) in [5, 5.41) is 13.3. The summed E-state index contributed by atoms with van der Waals surface area (Å²) < 4.78 is 41.7. The van der Waals surface area contributed by atoms with Crippen molar-refractivity contribution < 1.29 is 22.8 Å². The van der Waals surface area contributed by atoms with Gasteiger partial charge in [-0.25, -0.2) is 0 Å². The van der Waals surface area contributed by atoms with Crippen molar-refractivity contribution >= 4 is 17.5 Å². The van der Waals surface area contributed by atoms with Gasteiger partial charge in [-0.05, 0) is 55.9 Å². The second-order valence-corrected chi connectivity index (χ2v) is 9.34. The van der Waals surface area contributed by atoms with Crippen LogP contribution in [0.5, 0.6) is 0 Å². The Morgan fingerprint density at radius 2 is 1.86 bits per heavy atom. The summed E-state index contributed by atoms with van der Waals surface area (Å²) in [6.45, 7) is 3.48. The van der Waals surface area contributed by atoms with Gasteiger partial charge in [0.1, 0.15) is 0 Å². The van der Waals surface area contributed by atoms with Crippen LogP contribution in [0.2, 0.25) is 0 Å². The smallest absolute Gasteiger partial charge is 0.372 e. The summed E-state index contributed by atoms with van der Waals surface area (Å²) >= 11 is 0. The summed E-state index contributed by atoms with van der Waals surface area (Å²) in [6, 6.07) is 7.07. The molecular weight excluding hydrogens is 461 g/mol. The third-order valence-corrected chi connectivity index (χ3v) is 7.29. The van der Waals surface area contributed by atoms with E-state index in [9.17, 15) is 22.8 Å². The number of halogens is 3. The van der Waals surface area contributed by atoms with Gasteiger partial charge < -0.3 is 15.5 Å². The zero-order valence-electron chi connectivity index (χ0n) is 19.5. The molecule has 0 spiro atoms. The Hall–Kier alpha value is -3.55. The minimum absolute atomic E-state index is 0.104. The van der Waals surface area contributed by atoms with Crippen LogP contribution in [0.1, 0.15) is 40.2 Å². The van der Waals surface area contributed by atoms with Crippen molar-refractivity contribution in [3.05, 3.63) is 46.8 Å². The van der Waals surface area contributed by atoms with Crippen LogP contribution in [-0.4, -0.2) is 52.7 Å². The number of aryl methyl sites for hydroxylation is 2. The van der Waals surface area contributed by atoms with Crippen LogP contribution in [0.4, 0.5) is 18.9 Å². The van der Waals surface area contributed by atoms with E-state index in [1.165, 1.54) is 12.1 Å². The fourth-order valence-corrected chi connectivity index (χ4v) is 5.25. The summed E-state index contributed by atoms with van der Waals surface area (Å²) in [5.74, 6) is -1.18. The number of hydrogen-bond acceptors (Lipinski definition) is 5. The lowest BCUT2D eigenvalue weighted by Gasteiger charge is -2.37. The van der Waals surface area contributed by atoms with Crippen molar-refractivity contribution in [3.63, 3.8) is 0 Å². The first-order valence-corrected chi connectivity index (χ1v) is 11.4. The SMILES string of the molecule is Cc1cc(C(=O)N2C[C@@H](C(N)=O)[C@H](C3CCN(c4ccc(C#N)c(C(F)(F)F)c4)CC3)C2)nn1C. The highest BCUT2D eigenvalue weighted by Gasteiger charge is 2.44. The van der Waals surface area contributed by atoms with Gasteiger partial charge in [0.05, 0.1) is 23.1 Å². The molecule has 1 aromatic carbocycles. The molecule has 2 saturated heterocycles. The molecule has 0 radical (unpaired) electrons. The lowest BCUT2D eigenvalue weighted by atomic mass is 9.78. The summed E-state index contributed by atoms with van der Waals surface area (Å²) in [6.07, 6.45) is -3.30. The molecule has 2 atom stereocenters. The average Bonchev–Trinajstić information content (AvgIpc) is 3.42. The number of piperidine rings is 1. The molecule has 1 aromatic heterocycles. The molecule has 8 nitrogen and oxygen atoms in total. The number of rotatable bonds is 4. The van der Waals surface area contributed by atoms with Crippen LogP contribution < -0.4 is 10.6 Å². The Balaban J connectivity index is 1.46. The van der Waals surface area contributed by atoms with Crippen molar-refractivity contribution in [2.24, 2.45) is 30.5 Å². The number of nitrogens with zero attached hydrogens (tertiary/aromatic N) is 5. The predicted octanol–water partition coefficient (Wildman–Crippen LogP) is 2.71. The molecular formula is C24H27F3N6O2. The Kier molecular flexibility index (Phi) is 6.49. The molecule has 4 rings (SSSR count). The highest BCUT2D eigenvalue weighted by molar-refractivity contribution is 5.93. The number of primary amides is 1. The Labute approximate surface area is 201 Å². The van der Waals surface area contributed by atoms with Gasteiger partial charge >= 0.3 is 6.18 Å². The van der Waals surface area contributed by atoms with E-state index in [1.54, 1.807) is 28.8 Å². The van der Waals surface area contributed by atoms with Gasteiger partial charge in [-0.15, -0.1) is 0 Å². The molecule has 0 saturated carbocycles. The molecule has 0 aliphatic carbocycles. The maximum absolute atomic E-state index is 13.4. The van der Waals surface area contributed by atoms with E-state index >= 15 is 0 Å². The number of benzene rings is 1. The van der Waals surface area contributed by atoms with E-state index < -0.39 is 29.1 Å². The van der Waals surface area contributed by atoms with Crippen molar-refractivity contribution in [2.75, 3.05) is 31.1 Å². The number of aromatic nitrogens is 2. The number of likely N-dealkylation sites (tertiary alicyclic amines) is 1. The Bertz CT molecular complexity index is 1160. The van der Waals surface area contributed by atoms with E-state index in [0.29, 0.717) is 43.9 Å². The monoisotopic (exact) mass is 488 g/mol. The van der Waals surface area contributed by atoms with Crippen LogP contribution in [-0.2, 0) is 18.0 Å². The van der Waals surface area contributed by atoms with Crippen LogP contribution >= 0.6 is 0 Å². The van der Waals surface area contributed by atoms with Crippen LogP contribution in [0.15, 0.2) is 24.3 Å². The van der Waals surface area contributed by atoms with Gasteiger partial charge in [-0.1, -0.05) is 0 Å². The fraction of sp³-hybridized carbons (Fsp3) is 0.500. The van der Waals surface area contributed by atoms with E-state index in [4.69, 9.17) is 11.0 Å². The van der Waals surface area contributed by atoms with Crippen LogP contribution in [0, 0.1) is 36.0 Å². The van der Waals surface area contributed by atoms with Gasteiger partial charge in [-0.3, -0.25) is 14.3 Å². The van der Waals surface area contributed by atoms with Gasteiger partial charge in [0.2, 0.25) is 5.91 Å². The van der Waals surface area contributed by atoms with Crippen molar-refractivity contribution in [1.29, 1.82) is 5.26 Å². The highest BCUT2D eigenvalue weighted by atomic mass is 19.4. The predicted molar refractivity (Wildman–Crippen MR) is 121 cm³/mol. The normalized spacial score (nSPS) is 21.3. The van der Waals surface area contributed by atoms with E-state index in [-0.39, 0.29) is 24.3 Å². The van der Waals surface area contributed by atoms with Crippen molar-refractivity contribution in [1.82, 2.24) is 14.7 Å². The average molecular weight is 489 g/mol. The van der Waals surface area contributed by atoms with E-state index in [0.717, 1.165) is 11.8 Å². The number of hydrogen-bond donors (Lipinski definition) is 1. The van der Waals surface area contributed by atoms with Crippen molar-refractivity contribution in [2.45, 2.75) is 25.9 Å². The molecule has 0 unspecified atom stereocenters. The summed E-state index contributed by atoms with van der Waals surface area (Å²) in [5.41, 5.74) is 5.92. The molecule has 2 fully saturated rings. The fourth-order valence-electron chi connectivity index (χ4n) is 5.25. The maximum atomic E-state index is 13.4. The number of anilines is 1. The third kappa shape index (κ3) is 4.83. The molecule has 2 N–H and O–H groups in total. The standard InChI is InChI=1S/C24H27F3N6O2/c1-14-9-21(30-31(14)2)23(35)33-12-18(19(13-33)22(29)34)15-5-7-32(8-6-15)17-4-3-16(11-28)20(10-17)24(25,26)27/h3-4,9-10,15,18-19H,5-8,12-13H2,1-2H3,(H2,29,34)/t18-,19+/m0/s1. The minimum Gasteiger partial charge on any atom is -0.372 e. The van der Waals surface area contributed by atoms with E-state index in [2.05, 4.69) is 5.10 Å². The molecule has 35 heavy (non-hydrogen) atoms. The largest absolute Gasteiger partial charge is 0.417 e. The molecule has 11 heteroatoms. The maximum Gasteiger partial charge on any atom is 0.417 e. The van der Waals surface area contributed by atoms with Gasteiger partial charge in [-0.2, -0.15) is 23.5 Å². The van der Waals surface area contributed by atoms with Crippen molar-refractivity contribution in [3.8, 4) is 6.07 Å². The number of nitrogens with two attached hydrogens (primary N) is 1. The molecule has 2 aromatic rings. The Morgan fingerprint density at radius 1 is 1.17 bits per heavy atom. The molecule has 3 heterocycles. The zero-order chi connectivity index (χ0) is 25.5. The summed E-state index contributed by atoms with van der Waals surface area (Å²) in [4.78, 5) is 28.7. The third-order valence-electron chi connectivity index (χ3n) is 7.29. The van der Waals surface area contributed by atoms with E-state index in [1.807, 2.05) is 11.8 Å². The summed E-state index contributed by atoms with van der Waals surface area (Å²) in [7, 11) is 1.75. The lowest BCUT2D eigenvalue weighted by molar-refractivity contribution is -0.137. The number of carbonyl (C=O) groups is 2. The lowest BCUT2D eigenvalue weighted by Crippen LogP contribution is -2.40.